The number of halogens is 2. The van der Waals surface area contributed by atoms with Crippen molar-refractivity contribution in [2.24, 2.45) is 4.99 Å². The van der Waals surface area contributed by atoms with Crippen LogP contribution in [0, 0.1) is 0 Å². The van der Waals surface area contributed by atoms with Crippen LogP contribution in [0.1, 0.15) is 24.5 Å². The Bertz CT molecular complexity index is 1670. The summed E-state index contributed by atoms with van der Waals surface area (Å²) in [6.07, 6.45) is -1.59. The largest absolute Gasteiger partial charge is 0.505 e. The maximum absolute atomic E-state index is 13.9. The summed E-state index contributed by atoms with van der Waals surface area (Å²) in [5.41, 5.74) is 1.51. The number of carbonyl (C=O) groups is 4. The number of hydrogen-bond acceptors (Lipinski definition) is 8. The molecule has 1 aliphatic rings. The van der Waals surface area contributed by atoms with Crippen molar-refractivity contribution < 1.29 is 32.7 Å². The molecule has 2 atom stereocenters. The first-order valence-electron chi connectivity index (χ1n) is 12.4. The van der Waals surface area contributed by atoms with Gasteiger partial charge in [-0.3, -0.25) is 24.3 Å². The fourth-order valence-corrected chi connectivity index (χ4v) is 5.99. The van der Waals surface area contributed by atoms with Gasteiger partial charge in [-0.2, -0.15) is 4.72 Å². The van der Waals surface area contributed by atoms with Crippen molar-refractivity contribution in [1.29, 1.82) is 0 Å². The molecule has 42 heavy (non-hydrogen) atoms. The van der Waals surface area contributed by atoms with Crippen molar-refractivity contribution in [1.82, 2.24) is 10.0 Å². The SMILES string of the molecule is CC(=O)C[C@@H](C=O)NC(=O)CN1C(=O)C(NS(=O)(=O)c2cc(Cl)c(O)c(Cl)c2)N=C(c2ccccc2)c2ccccc21. The molecular weight excluding hydrogens is 607 g/mol. The molecule has 0 saturated carbocycles. The number of hydrogen-bond donors (Lipinski definition) is 3. The molecule has 1 heterocycles. The second kappa shape index (κ2) is 12.8. The number of aliphatic imine (C=N–C) groups is 1. The van der Waals surface area contributed by atoms with E-state index in [1.807, 2.05) is 0 Å². The molecule has 1 unspecified atom stereocenters. The van der Waals surface area contributed by atoms with Crippen LogP contribution in [-0.2, 0) is 29.2 Å². The highest BCUT2D eigenvalue weighted by molar-refractivity contribution is 7.89. The van der Waals surface area contributed by atoms with Crippen molar-refractivity contribution in [3.63, 3.8) is 0 Å². The van der Waals surface area contributed by atoms with Crippen molar-refractivity contribution in [3.8, 4) is 5.75 Å². The average molecular weight is 631 g/mol. The Morgan fingerprint density at radius 3 is 2.31 bits per heavy atom. The van der Waals surface area contributed by atoms with Gasteiger partial charge < -0.3 is 15.2 Å². The van der Waals surface area contributed by atoms with Crippen LogP contribution in [0.15, 0.2) is 76.6 Å². The number of amides is 2. The monoisotopic (exact) mass is 630 g/mol. The van der Waals surface area contributed by atoms with Crippen LogP contribution in [0.3, 0.4) is 0 Å². The molecule has 2 amide bonds. The van der Waals surface area contributed by atoms with E-state index < -0.39 is 51.2 Å². The first kappa shape index (κ1) is 30.8. The number of ketones is 1. The van der Waals surface area contributed by atoms with Crippen molar-refractivity contribution in [2.75, 3.05) is 11.4 Å². The van der Waals surface area contributed by atoms with Gasteiger partial charge >= 0.3 is 0 Å². The van der Waals surface area contributed by atoms with Gasteiger partial charge in [0, 0.05) is 17.5 Å². The lowest BCUT2D eigenvalue weighted by molar-refractivity contribution is -0.126. The molecule has 0 fully saturated rings. The summed E-state index contributed by atoms with van der Waals surface area (Å²) >= 11 is 11.9. The zero-order valence-corrected chi connectivity index (χ0v) is 24.3. The molecule has 14 heteroatoms. The summed E-state index contributed by atoms with van der Waals surface area (Å²) in [6.45, 7) is 0.648. The molecule has 3 aromatic rings. The zero-order valence-electron chi connectivity index (χ0n) is 22.0. The van der Waals surface area contributed by atoms with Gasteiger partial charge in [-0.1, -0.05) is 71.7 Å². The van der Waals surface area contributed by atoms with Crippen LogP contribution in [0.25, 0.3) is 0 Å². The van der Waals surface area contributed by atoms with E-state index in [1.165, 1.54) is 6.92 Å². The van der Waals surface area contributed by atoms with Gasteiger partial charge in [-0.05, 0) is 25.1 Å². The van der Waals surface area contributed by atoms with Gasteiger partial charge in [0.15, 0.2) is 11.9 Å². The van der Waals surface area contributed by atoms with Gasteiger partial charge in [0.1, 0.15) is 18.6 Å². The molecule has 0 bridgehead atoms. The molecule has 11 nitrogen and oxygen atoms in total. The summed E-state index contributed by atoms with van der Waals surface area (Å²) in [4.78, 5) is 55.0. The number of phenolic OH excluding ortho intramolecular Hbond substituents is 1. The Morgan fingerprint density at radius 1 is 1.07 bits per heavy atom. The number of nitrogens with one attached hydrogen (secondary N) is 2. The third kappa shape index (κ3) is 6.85. The number of nitrogens with zero attached hydrogens (tertiary/aromatic N) is 2. The van der Waals surface area contributed by atoms with E-state index in [4.69, 9.17) is 23.2 Å². The predicted molar refractivity (Wildman–Crippen MR) is 156 cm³/mol. The summed E-state index contributed by atoms with van der Waals surface area (Å²) in [7, 11) is -4.52. The lowest BCUT2D eigenvalue weighted by atomic mass is 10.0. The lowest BCUT2D eigenvalue weighted by Crippen LogP contribution is -2.51. The molecule has 1 aliphatic heterocycles. The summed E-state index contributed by atoms with van der Waals surface area (Å²) in [6, 6.07) is 16.1. The number of Topliss-reactive ketones (excluding diaryl/α,β-unsaturated/α-hetero) is 1. The van der Waals surface area contributed by atoms with Crippen molar-refractivity contribution >= 4 is 68.5 Å². The molecular formula is C28H24Cl2N4O7S. The van der Waals surface area contributed by atoms with Crippen LogP contribution in [0.4, 0.5) is 5.69 Å². The van der Waals surface area contributed by atoms with Crippen LogP contribution in [0.2, 0.25) is 10.0 Å². The van der Waals surface area contributed by atoms with Gasteiger partial charge in [-0.15, -0.1) is 0 Å². The second-order valence-corrected chi connectivity index (χ2v) is 11.8. The van der Waals surface area contributed by atoms with Gasteiger partial charge in [0.2, 0.25) is 15.9 Å². The minimum atomic E-state index is -4.52. The van der Waals surface area contributed by atoms with Crippen LogP contribution < -0.4 is 14.9 Å². The minimum absolute atomic E-state index is 0.235. The highest BCUT2D eigenvalue weighted by Crippen LogP contribution is 2.34. The zero-order chi connectivity index (χ0) is 30.6. The van der Waals surface area contributed by atoms with Gasteiger partial charge in [0.05, 0.1) is 32.4 Å². The summed E-state index contributed by atoms with van der Waals surface area (Å²) in [5, 5.41) is 11.6. The first-order chi connectivity index (χ1) is 19.9. The van der Waals surface area contributed by atoms with Gasteiger partial charge in [0.25, 0.3) is 5.91 Å². The average Bonchev–Trinajstić information content (AvgIpc) is 3.06. The number of rotatable bonds is 10. The smallest absolute Gasteiger partial charge is 0.268 e. The molecule has 4 rings (SSSR count). The van der Waals surface area contributed by atoms with Crippen LogP contribution in [-0.4, -0.2) is 61.9 Å². The van der Waals surface area contributed by atoms with E-state index in [2.05, 4.69) is 15.0 Å². The molecule has 0 radical (unpaired) electrons. The number of benzene rings is 3. The van der Waals surface area contributed by atoms with E-state index in [9.17, 15) is 32.7 Å². The molecule has 3 aromatic carbocycles. The van der Waals surface area contributed by atoms with E-state index in [0.29, 0.717) is 17.4 Å². The molecule has 0 aromatic heterocycles. The van der Waals surface area contributed by atoms with Crippen LogP contribution in [0.5, 0.6) is 5.75 Å². The number of para-hydroxylation sites is 1. The Balaban J connectivity index is 1.80. The molecule has 3 N–H and O–H groups in total. The fraction of sp³-hybridized carbons (Fsp3) is 0.179. The number of aldehydes is 1. The highest BCUT2D eigenvalue weighted by Gasteiger charge is 2.36. The molecule has 0 aliphatic carbocycles. The Hall–Kier alpha value is -4.10. The Kier molecular flexibility index (Phi) is 9.42. The van der Waals surface area contributed by atoms with E-state index in [0.717, 1.165) is 17.0 Å². The Morgan fingerprint density at radius 2 is 1.69 bits per heavy atom. The van der Waals surface area contributed by atoms with Gasteiger partial charge in [-0.25, -0.2) is 8.42 Å². The second-order valence-electron chi connectivity index (χ2n) is 9.26. The van der Waals surface area contributed by atoms with Crippen LogP contribution >= 0.6 is 23.2 Å². The van der Waals surface area contributed by atoms with Crippen molar-refractivity contribution in [2.45, 2.75) is 30.4 Å². The third-order valence-electron chi connectivity index (χ3n) is 6.14. The summed E-state index contributed by atoms with van der Waals surface area (Å²) < 4.78 is 29.1. The van der Waals surface area contributed by atoms with E-state index in [-0.39, 0.29) is 33.6 Å². The number of sulfonamides is 1. The van der Waals surface area contributed by atoms with Crippen molar-refractivity contribution in [3.05, 3.63) is 87.9 Å². The fourth-order valence-electron chi connectivity index (χ4n) is 4.25. The van der Waals surface area contributed by atoms with E-state index >= 15 is 0 Å². The maximum Gasteiger partial charge on any atom is 0.268 e. The number of carbonyl (C=O) groups excluding carboxylic acids is 4. The molecule has 218 valence electrons. The Labute approximate surface area is 251 Å². The molecule has 0 spiro atoms. The number of benzodiazepines with no additional fused rings is 1. The minimum Gasteiger partial charge on any atom is -0.505 e. The lowest BCUT2D eigenvalue weighted by Gasteiger charge is -2.25. The van der Waals surface area contributed by atoms with E-state index in [1.54, 1.807) is 54.6 Å². The first-order valence-corrected chi connectivity index (χ1v) is 14.6. The normalized spacial score (nSPS) is 15.7. The maximum atomic E-state index is 13.9. The quantitative estimate of drug-likeness (QED) is 0.290. The number of anilines is 1. The standard InChI is InChI=1S/C28H24Cl2N4O7S/c1-16(36)11-18(15-35)31-24(37)14-34-23-10-6-5-9-20(23)25(17-7-3-2-4-8-17)32-27(28(34)39)33-42(40,41)19-12-21(29)26(38)22(30)13-19/h2-10,12-13,15,18,27,33,38H,11,14H2,1H3,(H,31,37)/t18-,27?/m0/s1. The number of fused-ring (bicyclic) bond motifs is 1. The number of aromatic hydroxyl groups is 1. The topological polar surface area (TPSA) is 162 Å². The number of phenols is 1. The highest BCUT2D eigenvalue weighted by atomic mass is 35.5. The predicted octanol–water partition coefficient (Wildman–Crippen LogP) is 2.85. The molecule has 0 saturated heterocycles. The third-order valence-corrected chi connectivity index (χ3v) is 8.11. The summed E-state index contributed by atoms with van der Waals surface area (Å²) in [5.74, 6) is -2.51.